The zero-order valence-electron chi connectivity index (χ0n) is 38.7. The summed E-state index contributed by atoms with van der Waals surface area (Å²) >= 11 is 0. The van der Waals surface area contributed by atoms with Crippen molar-refractivity contribution in [3.8, 4) is 52.1 Å². The highest BCUT2D eigenvalue weighted by Crippen LogP contribution is 2.50. The molecule has 1 aromatic heterocycles. The minimum Gasteiger partial charge on any atom is -0.474 e. The van der Waals surface area contributed by atoms with E-state index in [0.29, 0.717) is 74.4 Å². The number of nitrogens with one attached hydrogen (secondary N) is 2. The third-order valence-electron chi connectivity index (χ3n) is 12.9. The molecule has 3 aliphatic heterocycles. The van der Waals surface area contributed by atoms with Crippen molar-refractivity contribution in [3.05, 3.63) is 151 Å². The lowest BCUT2D eigenvalue weighted by molar-refractivity contribution is -0.156. The first-order valence-corrected chi connectivity index (χ1v) is 22.7. The van der Waals surface area contributed by atoms with Crippen molar-refractivity contribution in [3.63, 3.8) is 0 Å². The van der Waals surface area contributed by atoms with Crippen LogP contribution < -0.4 is 36.3 Å². The molecule has 1 atom stereocenters. The lowest BCUT2D eigenvalue weighted by Gasteiger charge is -2.58. The summed E-state index contributed by atoms with van der Waals surface area (Å²) in [4.78, 5) is 40.7. The van der Waals surface area contributed by atoms with Gasteiger partial charge >= 0.3 is 0 Å². The zero-order chi connectivity index (χ0) is 49.3. The molecule has 70 heavy (non-hydrogen) atoms. The highest BCUT2D eigenvalue weighted by molar-refractivity contribution is 5.97. The lowest BCUT2D eigenvalue weighted by atomic mass is 9.61. The molecule has 6 N–H and O–H groups in total. The van der Waals surface area contributed by atoms with E-state index in [-0.39, 0.29) is 40.6 Å². The molecular formula is C53H53N11O6. The maximum Gasteiger partial charge on any atom is 0.263 e. The summed E-state index contributed by atoms with van der Waals surface area (Å²) < 4.78 is 23.9. The van der Waals surface area contributed by atoms with Gasteiger partial charge in [-0.3, -0.25) is 19.9 Å². The van der Waals surface area contributed by atoms with Gasteiger partial charge in [0.25, 0.3) is 11.8 Å². The molecule has 1 spiro atoms. The number of ether oxygens (including phenoxy) is 4. The SMILES string of the molecule is C=C(C#N)C(=O)N1CC2(CC(Oc3ncnc(N)c3-c3ccc(Oc4ccccc4)cc3)C2)C1.C=C(C#N)C(=O)N1CCC(CNC2N=CNC(N)=C2c2ccc(Oc3ccccc3)cc2)(OC)CC1. The van der Waals surface area contributed by atoms with Crippen molar-refractivity contribution in [2.24, 2.45) is 16.1 Å². The number of hydrogen-bond donors (Lipinski definition) is 4. The number of aromatic nitrogens is 2. The number of piperidine rings is 1. The maximum atomic E-state index is 12.3. The van der Waals surface area contributed by atoms with Gasteiger partial charge in [0.1, 0.15) is 76.5 Å². The fraction of sp³-hybridized carbons (Fsp3) is 0.264. The fourth-order valence-electron chi connectivity index (χ4n) is 8.98. The van der Waals surface area contributed by atoms with Crippen LogP contribution in [0.4, 0.5) is 5.82 Å². The van der Waals surface area contributed by atoms with Crippen LogP contribution in [0, 0.1) is 28.1 Å². The van der Waals surface area contributed by atoms with Gasteiger partial charge in [-0.25, -0.2) is 9.97 Å². The molecule has 17 heteroatoms. The number of nitrogens with zero attached hydrogens (tertiary/aromatic N) is 7. The van der Waals surface area contributed by atoms with E-state index in [2.05, 4.69) is 38.8 Å². The Labute approximate surface area is 406 Å². The van der Waals surface area contributed by atoms with Crippen molar-refractivity contribution in [2.75, 3.05) is 45.6 Å². The van der Waals surface area contributed by atoms with Crippen LogP contribution in [0.5, 0.6) is 28.9 Å². The van der Waals surface area contributed by atoms with Gasteiger partial charge in [0.15, 0.2) is 0 Å². The van der Waals surface area contributed by atoms with Gasteiger partial charge in [-0.1, -0.05) is 73.8 Å². The lowest BCUT2D eigenvalue weighted by Crippen LogP contribution is -2.66. The number of anilines is 1. The molecule has 5 aromatic rings. The van der Waals surface area contributed by atoms with Gasteiger partial charge in [-0.2, -0.15) is 10.5 Å². The monoisotopic (exact) mass is 939 g/mol. The number of hydrogen-bond acceptors (Lipinski definition) is 15. The van der Waals surface area contributed by atoms with E-state index in [1.165, 1.54) is 6.33 Å². The molecular weight excluding hydrogens is 887 g/mol. The highest BCUT2D eigenvalue weighted by Gasteiger charge is 2.55. The largest absolute Gasteiger partial charge is 0.474 e. The number of carbonyl (C=O) groups is 2. The minimum atomic E-state index is -0.474. The first-order valence-electron chi connectivity index (χ1n) is 22.7. The summed E-state index contributed by atoms with van der Waals surface area (Å²) in [5.41, 5.74) is 15.2. The molecule has 1 aliphatic carbocycles. The quantitative estimate of drug-likeness (QED) is 0.0669. The Morgan fingerprint density at radius 3 is 1.84 bits per heavy atom. The van der Waals surface area contributed by atoms with Crippen LogP contribution in [0.1, 0.15) is 31.2 Å². The van der Waals surface area contributed by atoms with Crippen molar-refractivity contribution >= 4 is 29.5 Å². The van der Waals surface area contributed by atoms with E-state index in [1.54, 1.807) is 23.2 Å². The van der Waals surface area contributed by atoms with Gasteiger partial charge in [-0.15, -0.1) is 0 Å². The number of nitrogens with two attached hydrogens (primary N) is 2. The molecule has 1 saturated carbocycles. The summed E-state index contributed by atoms with van der Waals surface area (Å²) in [5, 5.41) is 24.3. The topological polar surface area (TPSA) is 239 Å². The molecule has 0 radical (unpaired) electrons. The summed E-state index contributed by atoms with van der Waals surface area (Å²) in [7, 11) is 1.68. The van der Waals surface area contributed by atoms with Crippen molar-refractivity contribution < 1.29 is 28.5 Å². The van der Waals surface area contributed by atoms with Gasteiger partial charge < -0.3 is 45.5 Å². The van der Waals surface area contributed by atoms with Crippen LogP contribution in [-0.2, 0) is 14.3 Å². The Morgan fingerprint density at radius 2 is 1.30 bits per heavy atom. The van der Waals surface area contributed by atoms with Crippen LogP contribution in [-0.4, -0.2) is 95.6 Å². The van der Waals surface area contributed by atoms with E-state index in [1.807, 2.05) is 121 Å². The molecule has 2 saturated heterocycles. The number of para-hydroxylation sites is 2. The Morgan fingerprint density at radius 1 is 0.771 bits per heavy atom. The Hall–Kier alpha value is -8.51. The molecule has 0 bridgehead atoms. The number of benzene rings is 4. The molecule has 356 valence electrons. The summed E-state index contributed by atoms with van der Waals surface area (Å²) in [6.07, 6.45) is 5.43. The van der Waals surface area contributed by atoms with Gasteiger partial charge in [0, 0.05) is 50.8 Å². The van der Waals surface area contributed by atoms with Crippen molar-refractivity contribution in [1.82, 2.24) is 30.4 Å². The Bertz CT molecular complexity index is 2860. The number of nitriles is 2. The van der Waals surface area contributed by atoms with Crippen LogP contribution in [0.3, 0.4) is 0 Å². The summed E-state index contributed by atoms with van der Waals surface area (Å²) in [6.45, 7) is 9.75. The van der Waals surface area contributed by atoms with E-state index in [9.17, 15) is 9.59 Å². The van der Waals surface area contributed by atoms with E-state index in [0.717, 1.165) is 46.8 Å². The predicted octanol–water partition coefficient (Wildman–Crippen LogP) is 6.71. The molecule has 17 nitrogen and oxygen atoms in total. The molecule has 4 aromatic carbocycles. The minimum absolute atomic E-state index is 0.0230. The van der Waals surface area contributed by atoms with Gasteiger partial charge in [0.2, 0.25) is 5.88 Å². The van der Waals surface area contributed by atoms with Crippen LogP contribution >= 0.6 is 0 Å². The second kappa shape index (κ2) is 21.2. The average Bonchev–Trinajstić information content (AvgIpc) is 3.37. The summed E-state index contributed by atoms with van der Waals surface area (Å²) in [5.74, 6) is 3.63. The molecule has 4 aliphatic rings. The van der Waals surface area contributed by atoms with E-state index < -0.39 is 5.60 Å². The molecule has 4 heterocycles. The van der Waals surface area contributed by atoms with Crippen LogP contribution in [0.15, 0.2) is 151 Å². The number of likely N-dealkylation sites (tertiary alicyclic amines) is 2. The molecule has 3 fully saturated rings. The predicted molar refractivity (Wildman–Crippen MR) is 264 cm³/mol. The number of nitrogen functional groups attached to an aromatic ring is 1. The van der Waals surface area contributed by atoms with Gasteiger partial charge in [0.05, 0.1) is 17.5 Å². The van der Waals surface area contributed by atoms with Gasteiger partial charge in [-0.05, 0) is 85.3 Å². The zero-order valence-corrected chi connectivity index (χ0v) is 38.7. The highest BCUT2D eigenvalue weighted by atomic mass is 16.5. The first kappa shape index (κ1) is 48.0. The van der Waals surface area contributed by atoms with E-state index in [4.69, 9.17) is 40.9 Å². The fourth-order valence-corrected chi connectivity index (χ4v) is 8.98. The maximum absolute atomic E-state index is 12.3. The number of aliphatic imine (C=N–C) groups is 1. The number of methoxy groups -OCH3 is 1. The number of carbonyl (C=O) groups excluding carboxylic acids is 2. The first-order chi connectivity index (χ1) is 33.9. The van der Waals surface area contributed by atoms with E-state index >= 15 is 0 Å². The normalized spacial score (nSPS) is 17.5. The van der Waals surface area contributed by atoms with Crippen LogP contribution in [0.2, 0.25) is 0 Å². The average molecular weight is 940 g/mol. The molecule has 9 rings (SSSR count). The van der Waals surface area contributed by atoms with Crippen LogP contribution in [0.25, 0.3) is 16.7 Å². The summed E-state index contributed by atoms with van der Waals surface area (Å²) in [6, 6.07) is 38.1. The number of rotatable bonds is 14. The molecule has 2 amide bonds. The Balaban J connectivity index is 0.000000188. The Kier molecular flexibility index (Phi) is 14.5. The second-order valence-corrected chi connectivity index (χ2v) is 17.5. The molecule has 1 unspecified atom stereocenters. The standard InChI is InChI=1S/C27H30N6O3.C26H23N5O3/c1-19(16-28)26(34)33-14-12-27(35-2,13-15-33)17-30-25-23(24(29)31-18-32-25)20-8-10-22(11-9-20)36-21-6-4-3-5-7-21;1-17(13-27)25(32)31-14-26(15-31)11-21(12-26)34-24-22(23(28)29-16-30-24)18-7-9-20(10-8-18)33-19-5-3-2-4-6-19/h3-11,18,25,30H,1,12-15,17,29H2,2H3,(H,31,32);2-10,16,21H,1,11-12,14-15H2,(H2,28,29,30). The van der Waals surface area contributed by atoms with Crippen molar-refractivity contribution in [1.29, 1.82) is 10.5 Å². The number of amides is 2. The third kappa shape index (κ3) is 10.9. The third-order valence-corrected chi connectivity index (χ3v) is 12.9. The van der Waals surface area contributed by atoms with Crippen molar-refractivity contribution in [2.45, 2.75) is 43.6 Å². The smallest absolute Gasteiger partial charge is 0.263 e. The second-order valence-electron chi connectivity index (χ2n) is 17.5.